The van der Waals surface area contributed by atoms with E-state index in [0.29, 0.717) is 16.4 Å². The number of anilines is 2. The van der Waals surface area contributed by atoms with Gasteiger partial charge in [0.25, 0.3) is 0 Å². The molecule has 10 heteroatoms. The molecule has 0 heterocycles. The Morgan fingerprint density at radius 1 is 0.793 bits per heavy atom. The Balaban J connectivity index is 2.83. The van der Waals surface area contributed by atoms with Crippen molar-refractivity contribution in [2.45, 2.75) is 13.8 Å². The lowest BCUT2D eigenvalue weighted by atomic mass is 10.2. The summed E-state index contributed by atoms with van der Waals surface area (Å²) in [6, 6.07) is 17.8. The highest BCUT2D eigenvalue weighted by molar-refractivity contribution is 6.18. The minimum Gasteiger partial charge on any atom is -0.368 e. The Hall–Kier alpha value is -4.21. The third-order valence-electron chi connectivity index (χ3n) is 3.70. The number of hydrogen-bond donors (Lipinski definition) is 4. The van der Waals surface area contributed by atoms with Crippen LogP contribution in [-0.4, -0.2) is 39.6 Å². The minimum atomic E-state index is -0.650. The number of nitrogens with two attached hydrogens (primary N) is 2. The van der Waals surface area contributed by atoms with Gasteiger partial charge in [0.2, 0.25) is 29.7 Å². The molecule has 0 aliphatic heterocycles. The number of nitrogens with zero attached hydrogens (tertiary/aromatic N) is 4. The first-order valence-corrected chi connectivity index (χ1v) is 8.52. The van der Waals surface area contributed by atoms with Crippen LogP contribution in [-0.2, 0) is 9.59 Å². The highest BCUT2D eigenvalue weighted by atomic mass is 16.2. The van der Waals surface area contributed by atoms with Crippen LogP contribution in [0.3, 0.4) is 0 Å². The van der Waals surface area contributed by atoms with Gasteiger partial charge in [0.1, 0.15) is 0 Å². The number of carbonyl (C=O) groups is 2. The Morgan fingerprint density at radius 2 is 1.17 bits per heavy atom. The van der Waals surface area contributed by atoms with Crippen molar-refractivity contribution in [1.29, 1.82) is 10.8 Å². The van der Waals surface area contributed by atoms with Crippen LogP contribution in [0.1, 0.15) is 13.8 Å². The summed E-state index contributed by atoms with van der Waals surface area (Å²) < 4.78 is 0. The molecule has 0 fully saturated rings. The largest absolute Gasteiger partial charge is 0.368 e. The number of rotatable bonds is 3. The van der Waals surface area contributed by atoms with Gasteiger partial charge in [-0.1, -0.05) is 36.4 Å². The average molecular weight is 394 g/mol. The number of imide groups is 1. The second kappa shape index (κ2) is 9.13. The third-order valence-corrected chi connectivity index (χ3v) is 3.70. The first kappa shape index (κ1) is 21.1. The van der Waals surface area contributed by atoms with Crippen LogP contribution >= 0.6 is 0 Å². The molecule has 0 unspecified atom stereocenters. The van der Waals surface area contributed by atoms with Gasteiger partial charge in [-0.05, 0) is 24.3 Å². The van der Waals surface area contributed by atoms with Gasteiger partial charge in [0, 0.05) is 25.2 Å². The minimum absolute atomic E-state index is 0.187. The van der Waals surface area contributed by atoms with Crippen molar-refractivity contribution >= 4 is 41.1 Å². The van der Waals surface area contributed by atoms with Gasteiger partial charge in [0.15, 0.2) is 0 Å². The number of benzene rings is 2. The molecule has 6 N–H and O–H groups in total. The molecule has 0 aliphatic carbocycles. The van der Waals surface area contributed by atoms with Crippen molar-refractivity contribution in [1.82, 2.24) is 9.91 Å². The second-order valence-electron chi connectivity index (χ2n) is 5.86. The molecular formula is C19H22N8O2. The molecule has 0 aromatic heterocycles. The van der Waals surface area contributed by atoms with E-state index in [1.54, 1.807) is 48.5 Å². The number of carbonyl (C=O) groups excluding carboxylic acids is 2. The topological polar surface area (TPSA) is 156 Å². The van der Waals surface area contributed by atoms with Gasteiger partial charge in [-0.25, -0.2) is 4.90 Å². The Kier molecular flexibility index (Phi) is 6.64. The summed E-state index contributed by atoms with van der Waals surface area (Å²) >= 11 is 0. The maximum atomic E-state index is 12.3. The van der Waals surface area contributed by atoms with Gasteiger partial charge in [-0.15, -0.1) is 5.10 Å². The summed E-state index contributed by atoms with van der Waals surface area (Å²) in [5.74, 6) is -2.71. The molecule has 2 aromatic rings. The summed E-state index contributed by atoms with van der Waals surface area (Å²) in [5, 5.41) is 20.1. The Labute approximate surface area is 168 Å². The number of guanidine groups is 3. The van der Waals surface area contributed by atoms with E-state index in [-0.39, 0.29) is 5.96 Å². The van der Waals surface area contributed by atoms with Crippen LogP contribution in [0.5, 0.6) is 0 Å². The fraction of sp³-hybridized carbons (Fsp3) is 0.105. The van der Waals surface area contributed by atoms with Crippen LogP contribution in [0, 0.1) is 10.8 Å². The van der Waals surface area contributed by atoms with E-state index in [9.17, 15) is 9.59 Å². The van der Waals surface area contributed by atoms with Crippen LogP contribution < -0.4 is 16.4 Å². The summed E-state index contributed by atoms with van der Waals surface area (Å²) in [6.45, 7) is 2.41. The first-order chi connectivity index (χ1) is 13.7. The number of hydrazone groups is 1. The molecular weight excluding hydrogens is 372 g/mol. The van der Waals surface area contributed by atoms with E-state index in [0.717, 1.165) is 4.90 Å². The lowest BCUT2D eigenvalue weighted by Crippen LogP contribution is -2.51. The van der Waals surface area contributed by atoms with E-state index in [1.165, 1.54) is 18.7 Å². The van der Waals surface area contributed by atoms with E-state index < -0.39 is 23.7 Å². The number of para-hydroxylation sites is 2. The fourth-order valence-corrected chi connectivity index (χ4v) is 2.55. The highest BCUT2D eigenvalue weighted by Crippen LogP contribution is 2.27. The standard InChI is InChI=1S/C19H22N8O2/c1-13(28)25(14(2)29)19(24-27(17(20)21)18(22)23)26(15-9-5-3-6-10-15)16-11-7-4-8-12-16/h3-12H,1-2H3,(H3,20,21)(H3,22,23). The maximum Gasteiger partial charge on any atom is 0.243 e. The van der Waals surface area contributed by atoms with E-state index in [4.69, 9.17) is 22.3 Å². The molecule has 2 rings (SSSR count). The van der Waals surface area contributed by atoms with Crippen molar-refractivity contribution in [2.75, 3.05) is 4.90 Å². The zero-order valence-electron chi connectivity index (χ0n) is 16.0. The maximum absolute atomic E-state index is 12.3. The summed E-state index contributed by atoms with van der Waals surface area (Å²) in [7, 11) is 0. The molecule has 150 valence electrons. The third kappa shape index (κ3) is 4.95. The lowest BCUT2D eigenvalue weighted by Gasteiger charge is -2.32. The second-order valence-corrected chi connectivity index (χ2v) is 5.86. The van der Waals surface area contributed by atoms with Gasteiger partial charge in [-0.3, -0.25) is 25.3 Å². The predicted molar refractivity (Wildman–Crippen MR) is 111 cm³/mol. The van der Waals surface area contributed by atoms with Gasteiger partial charge >= 0.3 is 0 Å². The quantitative estimate of drug-likeness (QED) is 0.352. The lowest BCUT2D eigenvalue weighted by molar-refractivity contribution is -0.137. The smallest absolute Gasteiger partial charge is 0.243 e. The fourth-order valence-electron chi connectivity index (χ4n) is 2.55. The van der Waals surface area contributed by atoms with Crippen molar-refractivity contribution in [3.63, 3.8) is 0 Å². The Morgan fingerprint density at radius 3 is 1.48 bits per heavy atom. The first-order valence-electron chi connectivity index (χ1n) is 8.52. The monoisotopic (exact) mass is 394 g/mol. The predicted octanol–water partition coefficient (Wildman–Crippen LogP) is 1.58. The molecule has 10 nitrogen and oxygen atoms in total. The molecule has 0 radical (unpaired) electrons. The molecule has 0 spiro atoms. The van der Waals surface area contributed by atoms with Crippen molar-refractivity contribution in [3.8, 4) is 0 Å². The van der Waals surface area contributed by atoms with E-state index in [1.807, 2.05) is 12.1 Å². The Bertz CT molecular complexity index is 876. The molecule has 0 atom stereocenters. The molecule has 0 bridgehead atoms. The molecule has 2 aromatic carbocycles. The van der Waals surface area contributed by atoms with E-state index in [2.05, 4.69) is 5.10 Å². The summed E-state index contributed by atoms with van der Waals surface area (Å²) in [4.78, 5) is 27.0. The zero-order valence-corrected chi connectivity index (χ0v) is 16.0. The number of nitrogens with one attached hydrogen (secondary N) is 2. The summed E-state index contributed by atoms with van der Waals surface area (Å²) in [5.41, 5.74) is 12.1. The van der Waals surface area contributed by atoms with Crippen LogP contribution in [0.2, 0.25) is 0 Å². The van der Waals surface area contributed by atoms with Gasteiger partial charge < -0.3 is 11.5 Å². The van der Waals surface area contributed by atoms with Crippen molar-refractivity contribution in [3.05, 3.63) is 60.7 Å². The molecule has 29 heavy (non-hydrogen) atoms. The molecule has 0 aliphatic rings. The molecule has 0 saturated carbocycles. The van der Waals surface area contributed by atoms with Crippen LogP contribution in [0.15, 0.2) is 65.8 Å². The van der Waals surface area contributed by atoms with Crippen LogP contribution in [0.25, 0.3) is 0 Å². The number of amides is 2. The summed E-state index contributed by atoms with van der Waals surface area (Å²) in [6.07, 6.45) is 0. The molecule has 0 saturated heterocycles. The van der Waals surface area contributed by atoms with Gasteiger partial charge in [0.05, 0.1) is 0 Å². The molecule has 2 amide bonds. The number of hydrogen-bond acceptors (Lipinski definition) is 5. The van der Waals surface area contributed by atoms with Crippen molar-refractivity contribution < 1.29 is 9.59 Å². The normalized spacial score (nSPS) is 10.8. The SMILES string of the molecule is CC(=O)N(C(C)=O)C(=NN(C(=N)N)C(=N)N)N(c1ccccc1)c1ccccc1. The van der Waals surface area contributed by atoms with Gasteiger partial charge in [-0.2, -0.15) is 5.01 Å². The highest BCUT2D eigenvalue weighted by Gasteiger charge is 2.30. The average Bonchev–Trinajstić information content (AvgIpc) is 2.66. The van der Waals surface area contributed by atoms with Crippen molar-refractivity contribution in [2.24, 2.45) is 16.6 Å². The van der Waals surface area contributed by atoms with E-state index >= 15 is 0 Å². The van der Waals surface area contributed by atoms with Crippen LogP contribution in [0.4, 0.5) is 11.4 Å². The zero-order chi connectivity index (χ0) is 21.6.